The molecule has 24 heavy (non-hydrogen) atoms. The SMILES string of the molecule is CC.CC(C)=NN1CC(c2ccc(C)nc2)Cc2cc(C)ccc21. The predicted molar refractivity (Wildman–Crippen MR) is 104 cm³/mol. The van der Waals surface area contributed by atoms with E-state index in [4.69, 9.17) is 5.10 Å². The summed E-state index contributed by atoms with van der Waals surface area (Å²) in [4.78, 5) is 4.46. The van der Waals surface area contributed by atoms with Crippen molar-refractivity contribution in [2.75, 3.05) is 11.6 Å². The highest BCUT2D eigenvalue weighted by Crippen LogP contribution is 2.35. The molecule has 0 N–H and O–H groups in total. The highest BCUT2D eigenvalue weighted by atomic mass is 15.5. The molecule has 0 saturated heterocycles. The highest BCUT2D eigenvalue weighted by molar-refractivity contribution is 5.80. The van der Waals surface area contributed by atoms with Crippen molar-refractivity contribution >= 4 is 11.4 Å². The van der Waals surface area contributed by atoms with Crippen molar-refractivity contribution in [3.05, 3.63) is 58.9 Å². The molecule has 0 aliphatic carbocycles. The van der Waals surface area contributed by atoms with Crippen LogP contribution in [0.4, 0.5) is 5.69 Å². The molecule has 128 valence electrons. The Hall–Kier alpha value is -2.16. The summed E-state index contributed by atoms with van der Waals surface area (Å²) in [6, 6.07) is 11.0. The van der Waals surface area contributed by atoms with Gasteiger partial charge in [-0.15, -0.1) is 0 Å². The van der Waals surface area contributed by atoms with Gasteiger partial charge >= 0.3 is 0 Å². The van der Waals surface area contributed by atoms with Gasteiger partial charge in [0.2, 0.25) is 0 Å². The van der Waals surface area contributed by atoms with Gasteiger partial charge in [-0.1, -0.05) is 37.6 Å². The molecule has 0 fully saturated rings. The topological polar surface area (TPSA) is 28.5 Å². The van der Waals surface area contributed by atoms with Gasteiger partial charge in [0, 0.05) is 30.1 Å². The number of benzene rings is 1. The zero-order chi connectivity index (χ0) is 17.7. The summed E-state index contributed by atoms with van der Waals surface area (Å²) in [5, 5.41) is 6.88. The van der Waals surface area contributed by atoms with Gasteiger partial charge in [-0.05, 0) is 57.4 Å². The van der Waals surface area contributed by atoms with Crippen LogP contribution in [0.5, 0.6) is 0 Å². The van der Waals surface area contributed by atoms with Crippen molar-refractivity contribution in [2.45, 2.75) is 53.9 Å². The van der Waals surface area contributed by atoms with Crippen LogP contribution < -0.4 is 5.01 Å². The molecule has 1 aliphatic heterocycles. The maximum absolute atomic E-state index is 4.73. The van der Waals surface area contributed by atoms with Crippen molar-refractivity contribution < 1.29 is 0 Å². The summed E-state index contributed by atoms with van der Waals surface area (Å²) < 4.78 is 0. The molecule has 1 aromatic heterocycles. The van der Waals surface area contributed by atoms with E-state index in [1.54, 1.807) is 0 Å². The lowest BCUT2D eigenvalue weighted by atomic mass is 9.88. The van der Waals surface area contributed by atoms with E-state index < -0.39 is 0 Å². The summed E-state index contributed by atoms with van der Waals surface area (Å²) in [7, 11) is 0. The van der Waals surface area contributed by atoms with Gasteiger partial charge in [0.05, 0.1) is 5.69 Å². The second-order valence-electron chi connectivity index (χ2n) is 6.40. The Balaban J connectivity index is 0.00000100. The number of rotatable bonds is 2. The number of hydrazone groups is 1. The van der Waals surface area contributed by atoms with Crippen LogP contribution in [0.3, 0.4) is 0 Å². The van der Waals surface area contributed by atoms with E-state index in [-0.39, 0.29) is 0 Å². The van der Waals surface area contributed by atoms with Gasteiger partial charge < -0.3 is 0 Å². The molecule has 1 unspecified atom stereocenters. The average molecular weight is 323 g/mol. The summed E-state index contributed by atoms with van der Waals surface area (Å²) in [6.07, 6.45) is 3.07. The Morgan fingerprint density at radius 1 is 1.12 bits per heavy atom. The van der Waals surface area contributed by atoms with Gasteiger partial charge in [0.1, 0.15) is 0 Å². The third-order valence-electron chi connectivity index (χ3n) is 4.10. The molecule has 0 bridgehead atoms. The maximum atomic E-state index is 4.73. The van der Waals surface area contributed by atoms with Crippen LogP contribution in [0.2, 0.25) is 0 Å². The highest BCUT2D eigenvalue weighted by Gasteiger charge is 2.25. The molecule has 0 amide bonds. The number of pyridine rings is 1. The van der Waals surface area contributed by atoms with Crippen molar-refractivity contribution in [3.63, 3.8) is 0 Å². The lowest BCUT2D eigenvalue weighted by Crippen LogP contribution is -2.31. The first-order valence-corrected chi connectivity index (χ1v) is 8.84. The van der Waals surface area contributed by atoms with Gasteiger partial charge in [-0.25, -0.2) is 0 Å². The maximum Gasteiger partial charge on any atom is 0.0626 e. The molecule has 1 aliphatic rings. The standard InChI is InChI=1S/C19H23N3.C2H6/c1-13(2)21-22-12-18(16-7-6-15(4)20-11-16)10-17-9-14(3)5-8-19(17)22;1-2/h5-9,11,18H,10,12H2,1-4H3;1-2H3. The van der Waals surface area contributed by atoms with E-state index in [2.05, 4.69) is 47.2 Å². The molecule has 1 atom stereocenters. The first-order chi connectivity index (χ1) is 11.5. The molecular formula is C21H29N3. The number of aryl methyl sites for hydroxylation is 2. The fourth-order valence-electron chi connectivity index (χ4n) is 3.05. The molecule has 2 heterocycles. The van der Waals surface area contributed by atoms with E-state index in [0.29, 0.717) is 5.92 Å². The average Bonchev–Trinajstić information content (AvgIpc) is 2.56. The molecule has 0 saturated carbocycles. The van der Waals surface area contributed by atoms with Crippen molar-refractivity contribution in [1.82, 2.24) is 4.98 Å². The number of hydrogen-bond donors (Lipinski definition) is 0. The predicted octanol–water partition coefficient (Wildman–Crippen LogP) is 5.27. The van der Waals surface area contributed by atoms with Crippen molar-refractivity contribution in [2.24, 2.45) is 5.10 Å². The van der Waals surface area contributed by atoms with Gasteiger partial charge in [0.15, 0.2) is 0 Å². The molecule has 3 rings (SSSR count). The van der Waals surface area contributed by atoms with Crippen LogP contribution in [0, 0.1) is 13.8 Å². The number of anilines is 1. The first-order valence-electron chi connectivity index (χ1n) is 8.84. The van der Waals surface area contributed by atoms with E-state index in [1.165, 1.54) is 22.4 Å². The van der Waals surface area contributed by atoms with E-state index >= 15 is 0 Å². The smallest absolute Gasteiger partial charge is 0.0626 e. The largest absolute Gasteiger partial charge is 0.265 e. The van der Waals surface area contributed by atoms with Crippen LogP contribution in [0.15, 0.2) is 41.6 Å². The molecule has 2 aromatic rings. The fourth-order valence-corrected chi connectivity index (χ4v) is 3.05. The Morgan fingerprint density at radius 3 is 2.50 bits per heavy atom. The number of fused-ring (bicyclic) bond motifs is 1. The molecule has 3 nitrogen and oxygen atoms in total. The third-order valence-corrected chi connectivity index (χ3v) is 4.10. The number of nitrogens with zero attached hydrogens (tertiary/aromatic N) is 3. The van der Waals surface area contributed by atoms with Crippen LogP contribution in [0.1, 0.15) is 56.0 Å². The summed E-state index contributed by atoms with van der Waals surface area (Å²) in [5.41, 5.74) is 7.36. The van der Waals surface area contributed by atoms with Crippen LogP contribution in [0.25, 0.3) is 0 Å². The Labute approximate surface area is 146 Å². The normalized spacial score (nSPS) is 15.9. The van der Waals surface area contributed by atoms with E-state index in [0.717, 1.165) is 24.4 Å². The zero-order valence-corrected chi connectivity index (χ0v) is 15.8. The second-order valence-corrected chi connectivity index (χ2v) is 6.40. The Kier molecular flexibility index (Phi) is 6.13. The van der Waals surface area contributed by atoms with Crippen LogP contribution in [-0.2, 0) is 6.42 Å². The van der Waals surface area contributed by atoms with Crippen molar-refractivity contribution in [1.29, 1.82) is 0 Å². The Bertz CT molecular complexity index is 698. The second kappa shape index (κ2) is 8.09. The lowest BCUT2D eigenvalue weighted by molar-refractivity contribution is 0.618. The van der Waals surface area contributed by atoms with Gasteiger partial charge in [0.25, 0.3) is 0 Å². The Morgan fingerprint density at radius 2 is 1.88 bits per heavy atom. The quantitative estimate of drug-likeness (QED) is 0.705. The molecule has 1 aromatic carbocycles. The minimum absolute atomic E-state index is 0.436. The van der Waals surface area contributed by atoms with Gasteiger partial charge in [-0.3, -0.25) is 9.99 Å². The van der Waals surface area contributed by atoms with Crippen LogP contribution in [-0.4, -0.2) is 17.2 Å². The van der Waals surface area contributed by atoms with E-state index in [9.17, 15) is 0 Å². The van der Waals surface area contributed by atoms with Crippen molar-refractivity contribution in [3.8, 4) is 0 Å². The monoisotopic (exact) mass is 323 g/mol. The van der Waals surface area contributed by atoms with E-state index in [1.807, 2.05) is 40.8 Å². The third kappa shape index (κ3) is 4.22. The number of hydrogen-bond acceptors (Lipinski definition) is 3. The zero-order valence-electron chi connectivity index (χ0n) is 15.8. The first kappa shape index (κ1) is 18.2. The summed E-state index contributed by atoms with van der Waals surface area (Å²) >= 11 is 0. The molecular weight excluding hydrogens is 294 g/mol. The number of aromatic nitrogens is 1. The van der Waals surface area contributed by atoms with Gasteiger partial charge in [-0.2, -0.15) is 5.10 Å². The molecule has 3 heteroatoms. The summed E-state index contributed by atoms with van der Waals surface area (Å²) in [5.74, 6) is 0.436. The fraction of sp³-hybridized carbons (Fsp3) is 0.429. The minimum atomic E-state index is 0.436. The lowest BCUT2D eigenvalue weighted by Gasteiger charge is -2.33. The summed E-state index contributed by atoms with van der Waals surface area (Å²) in [6.45, 7) is 13.2. The minimum Gasteiger partial charge on any atom is -0.265 e. The van der Waals surface area contributed by atoms with Crippen LogP contribution >= 0.6 is 0 Å². The molecule has 0 spiro atoms. The molecule has 0 radical (unpaired) electrons.